The van der Waals surface area contributed by atoms with E-state index >= 15 is 0 Å². The zero-order chi connectivity index (χ0) is 10.2. The quantitative estimate of drug-likeness (QED) is 0.461. The van der Waals surface area contributed by atoms with Gasteiger partial charge in [0.2, 0.25) is 0 Å². The molecule has 0 atom stereocenters. The second kappa shape index (κ2) is 10.4. The smallest absolute Gasteiger partial charge is 0.374 e. The van der Waals surface area contributed by atoms with Crippen LogP contribution in [0.2, 0.25) is 6.04 Å². The molecule has 0 saturated heterocycles. The van der Waals surface area contributed by atoms with Crippen LogP contribution in [-0.4, -0.2) is 28.6 Å². The zero-order valence-electron chi connectivity index (χ0n) is 9.27. The van der Waals surface area contributed by atoms with Gasteiger partial charge in [-0.1, -0.05) is 0 Å². The molecule has 0 amide bonds. The van der Waals surface area contributed by atoms with Crippen molar-refractivity contribution in [1.29, 1.82) is 0 Å². The van der Waals surface area contributed by atoms with Gasteiger partial charge in [-0.2, -0.15) is 6.42 Å². The van der Waals surface area contributed by atoms with Gasteiger partial charge in [0.15, 0.2) is 0 Å². The Balaban J connectivity index is 0. The summed E-state index contributed by atoms with van der Waals surface area (Å²) in [7, 11) is -2.36. The molecular formula is C9H21AuO3Si. The summed E-state index contributed by atoms with van der Waals surface area (Å²) in [6, 6.07) is 0.808. The van der Waals surface area contributed by atoms with E-state index in [9.17, 15) is 0 Å². The standard InChI is InChI=1S/C9H21O3Si.Au/c1-5-9-13(10-6-2,11-7-3)12-8-4;/h1,5-9H2,2-4H3;/q-1;+1. The molecule has 0 radical (unpaired) electrons. The van der Waals surface area contributed by atoms with Crippen LogP contribution in [0.4, 0.5) is 0 Å². The van der Waals surface area contributed by atoms with E-state index < -0.39 is 8.80 Å². The van der Waals surface area contributed by atoms with Crippen LogP contribution in [0.3, 0.4) is 0 Å². The first-order valence-corrected chi connectivity index (χ1v) is 6.89. The maximum Gasteiger partial charge on any atom is 1.00 e. The van der Waals surface area contributed by atoms with Crippen LogP contribution in [0.15, 0.2) is 0 Å². The molecule has 0 bridgehead atoms. The van der Waals surface area contributed by atoms with E-state index in [2.05, 4.69) is 6.92 Å². The predicted octanol–water partition coefficient (Wildman–Crippen LogP) is 2.26. The molecule has 0 aliphatic heterocycles. The minimum Gasteiger partial charge on any atom is -0.374 e. The Kier molecular flexibility index (Phi) is 12.8. The van der Waals surface area contributed by atoms with E-state index in [4.69, 9.17) is 13.3 Å². The first kappa shape index (κ1) is 17.2. The largest absolute Gasteiger partial charge is 1.00 e. The van der Waals surface area contributed by atoms with Crippen LogP contribution in [0.1, 0.15) is 27.2 Å². The fourth-order valence-electron chi connectivity index (χ4n) is 1.22. The fourth-order valence-corrected chi connectivity index (χ4v) is 3.65. The molecule has 90 valence electrons. The summed E-state index contributed by atoms with van der Waals surface area (Å²) in [5, 5.41) is 0. The topological polar surface area (TPSA) is 27.7 Å². The van der Waals surface area contributed by atoms with Gasteiger partial charge in [0, 0.05) is 19.8 Å². The molecule has 0 saturated carbocycles. The van der Waals surface area contributed by atoms with Gasteiger partial charge in [0.1, 0.15) is 0 Å². The van der Waals surface area contributed by atoms with Crippen LogP contribution in [-0.2, 0) is 35.7 Å². The zero-order valence-corrected chi connectivity index (χ0v) is 12.4. The summed E-state index contributed by atoms with van der Waals surface area (Å²) in [6.45, 7) is 11.6. The Morgan fingerprint density at radius 3 is 1.50 bits per heavy atom. The van der Waals surface area contributed by atoms with Gasteiger partial charge in [0.25, 0.3) is 0 Å². The van der Waals surface area contributed by atoms with Crippen LogP contribution in [0.5, 0.6) is 0 Å². The van der Waals surface area contributed by atoms with E-state index in [0.717, 1.165) is 12.5 Å². The molecule has 14 heavy (non-hydrogen) atoms. The molecule has 0 spiro atoms. The molecular weight excluding hydrogens is 381 g/mol. The third kappa shape index (κ3) is 6.34. The van der Waals surface area contributed by atoms with Gasteiger partial charge in [-0.15, -0.1) is 0 Å². The van der Waals surface area contributed by atoms with Crippen molar-refractivity contribution in [2.45, 2.75) is 33.2 Å². The Morgan fingerprint density at radius 2 is 1.29 bits per heavy atom. The second-order valence-electron chi connectivity index (χ2n) is 2.59. The summed E-state index contributed by atoms with van der Waals surface area (Å²) in [4.78, 5) is 0. The summed E-state index contributed by atoms with van der Waals surface area (Å²) in [6.07, 6.45) is 0.798. The van der Waals surface area contributed by atoms with E-state index in [0.29, 0.717) is 19.8 Å². The maximum absolute atomic E-state index is 5.61. The van der Waals surface area contributed by atoms with Crippen molar-refractivity contribution in [3.05, 3.63) is 6.92 Å². The van der Waals surface area contributed by atoms with Crippen molar-refractivity contribution < 1.29 is 35.7 Å². The summed E-state index contributed by atoms with van der Waals surface area (Å²) in [5.41, 5.74) is 0. The maximum atomic E-state index is 5.61. The van der Waals surface area contributed by atoms with Gasteiger partial charge >= 0.3 is 31.2 Å². The van der Waals surface area contributed by atoms with Crippen LogP contribution in [0, 0.1) is 6.92 Å². The van der Waals surface area contributed by atoms with E-state index in [1.165, 1.54) is 0 Å². The van der Waals surface area contributed by atoms with Gasteiger partial charge in [0.05, 0.1) is 0 Å². The molecule has 0 N–H and O–H groups in total. The Morgan fingerprint density at radius 1 is 0.929 bits per heavy atom. The first-order chi connectivity index (χ1) is 6.24. The SMILES string of the molecule is [Au+].[CH2-]CC[Si](OCC)(OCC)OCC. The first-order valence-electron chi connectivity index (χ1n) is 4.95. The molecule has 5 heteroatoms. The predicted molar refractivity (Wildman–Crippen MR) is 55.4 cm³/mol. The van der Waals surface area contributed by atoms with E-state index in [1.807, 2.05) is 20.8 Å². The van der Waals surface area contributed by atoms with Crippen LogP contribution in [0.25, 0.3) is 0 Å². The van der Waals surface area contributed by atoms with Gasteiger partial charge in [-0.3, -0.25) is 0 Å². The summed E-state index contributed by atoms with van der Waals surface area (Å²) >= 11 is 0. The molecule has 0 heterocycles. The van der Waals surface area contributed by atoms with Crippen molar-refractivity contribution >= 4 is 8.80 Å². The summed E-state index contributed by atoms with van der Waals surface area (Å²) in [5.74, 6) is 0. The molecule has 0 aromatic rings. The second-order valence-corrected chi connectivity index (χ2v) is 5.32. The van der Waals surface area contributed by atoms with Gasteiger partial charge < -0.3 is 20.2 Å². The Labute approximate surface area is 104 Å². The fraction of sp³-hybridized carbons (Fsp3) is 0.889. The van der Waals surface area contributed by atoms with Crippen molar-refractivity contribution in [2.75, 3.05) is 19.8 Å². The summed E-state index contributed by atoms with van der Waals surface area (Å²) < 4.78 is 16.8. The number of rotatable bonds is 8. The van der Waals surface area contributed by atoms with Gasteiger partial charge in [-0.05, 0) is 26.8 Å². The monoisotopic (exact) mass is 402 g/mol. The van der Waals surface area contributed by atoms with E-state index in [1.54, 1.807) is 0 Å². The Hall–Kier alpha value is 0.837. The molecule has 0 unspecified atom stereocenters. The average molecular weight is 402 g/mol. The molecule has 0 aliphatic carbocycles. The van der Waals surface area contributed by atoms with Crippen LogP contribution < -0.4 is 0 Å². The average Bonchev–Trinajstić information content (AvgIpc) is 2.06. The van der Waals surface area contributed by atoms with Crippen LogP contribution >= 0.6 is 0 Å². The number of hydrogen-bond acceptors (Lipinski definition) is 3. The van der Waals surface area contributed by atoms with E-state index in [-0.39, 0.29) is 22.4 Å². The molecule has 0 aliphatic rings. The minimum absolute atomic E-state index is 0. The number of hydrogen-bond donors (Lipinski definition) is 0. The van der Waals surface area contributed by atoms with Crippen molar-refractivity contribution in [3.63, 3.8) is 0 Å². The van der Waals surface area contributed by atoms with Crippen molar-refractivity contribution in [1.82, 2.24) is 0 Å². The van der Waals surface area contributed by atoms with Crippen molar-refractivity contribution in [3.8, 4) is 0 Å². The minimum atomic E-state index is -2.36. The molecule has 0 aromatic carbocycles. The third-order valence-electron chi connectivity index (χ3n) is 1.58. The third-order valence-corrected chi connectivity index (χ3v) is 4.73. The van der Waals surface area contributed by atoms with Crippen molar-refractivity contribution in [2.24, 2.45) is 0 Å². The molecule has 3 nitrogen and oxygen atoms in total. The molecule has 0 fully saturated rings. The Bertz CT molecular complexity index is 95.1. The molecule has 0 rings (SSSR count). The normalized spacial score (nSPS) is 11.1. The van der Waals surface area contributed by atoms with Gasteiger partial charge in [-0.25, -0.2) is 0 Å². The molecule has 0 aromatic heterocycles.